The summed E-state index contributed by atoms with van der Waals surface area (Å²) in [6.07, 6.45) is 1.47. The van der Waals surface area contributed by atoms with E-state index in [4.69, 9.17) is 11.6 Å². The van der Waals surface area contributed by atoms with Crippen molar-refractivity contribution in [2.45, 2.75) is 9.79 Å². The molecule has 8 heteroatoms. The zero-order valence-electron chi connectivity index (χ0n) is 10.8. The number of sulfonamides is 1. The first-order valence-corrected chi connectivity index (χ1v) is 9.92. The number of nitrogens with one attached hydrogen (secondary N) is 1. The molecule has 0 bridgehead atoms. The normalized spacial score (nSPS) is 12.9. The molecule has 0 heterocycles. The lowest BCUT2D eigenvalue weighted by Crippen LogP contribution is -2.14. The van der Waals surface area contributed by atoms with Crippen molar-refractivity contribution in [1.29, 1.82) is 0 Å². The summed E-state index contributed by atoms with van der Waals surface area (Å²) in [4.78, 5) is 0.485. The van der Waals surface area contributed by atoms with Crippen LogP contribution in [0.1, 0.15) is 0 Å². The van der Waals surface area contributed by atoms with Gasteiger partial charge in [0.05, 0.1) is 26.3 Å². The van der Waals surface area contributed by atoms with Crippen LogP contribution in [-0.2, 0) is 20.8 Å². The van der Waals surface area contributed by atoms with Crippen LogP contribution in [0.5, 0.6) is 0 Å². The lowest BCUT2D eigenvalue weighted by molar-refractivity contribution is 0.601. The standard InChI is InChI=1S/C13H11BrClNO3S2/c1-20(17)13-7-4-10(15)8-12(13)16-21(18,19)11-5-2-9(14)3-6-11/h2-8,16H,1H3. The zero-order chi connectivity index (χ0) is 15.6. The van der Waals surface area contributed by atoms with Crippen LogP contribution < -0.4 is 4.72 Å². The molecule has 112 valence electrons. The van der Waals surface area contributed by atoms with E-state index >= 15 is 0 Å². The minimum absolute atomic E-state index is 0.110. The van der Waals surface area contributed by atoms with E-state index in [-0.39, 0.29) is 10.6 Å². The maximum Gasteiger partial charge on any atom is 0.261 e. The summed E-state index contributed by atoms with van der Waals surface area (Å²) in [6.45, 7) is 0. The van der Waals surface area contributed by atoms with Crippen molar-refractivity contribution < 1.29 is 12.6 Å². The molecule has 2 aromatic carbocycles. The molecule has 1 unspecified atom stereocenters. The highest BCUT2D eigenvalue weighted by Crippen LogP contribution is 2.26. The van der Waals surface area contributed by atoms with Crippen molar-refractivity contribution in [1.82, 2.24) is 0 Å². The average Bonchev–Trinajstić information content (AvgIpc) is 2.38. The van der Waals surface area contributed by atoms with E-state index in [9.17, 15) is 12.6 Å². The molecule has 1 N–H and O–H groups in total. The van der Waals surface area contributed by atoms with Gasteiger partial charge in [-0.2, -0.15) is 0 Å². The number of hydrogen-bond acceptors (Lipinski definition) is 3. The van der Waals surface area contributed by atoms with Crippen LogP contribution in [-0.4, -0.2) is 18.9 Å². The molecule has 0 saturated carbocycles. The lowest BCUT2D eigenvalue weighted by Gasteiger charge is -2.12. The van der Waals surface area contributed by atoms with Gasteiger partial charge in [0, 0.05) is 15.8 Å². The molecule has 0 amide bonds. The Kier molecular flexibility index (Phi) is 5.08. The molecule has 4 nitrogen and oxygen atoms in total. The van der Waals surface area contributed by atoms with Crippen LogP contribution in [0.4, 0.5) is 5.69 Å². The van der Waals surface area contributed by atoms with Crippen LogP contribution in [0, 0.1) is 0 Å². The molecule has 1 atom stereocenters. The molecule has 0 aromatic heterocycles. The summed E-state index contributed by atoms with van der Waals surface area (Å²) in [5, 5.41) is 0.359. The number of anilines is 1. The highest BCUT2D eigenvalue weighted by Gasteiger charge is 2.17. The first-order chi connectivity index (χ1) is 9.79. The van der Waals surface area contributed by atoms with Crippen LogP contribution in [0.25, 0.3) is 0 Å². The van der Waals surface area contributed by atoms with Crippen molar-refractivity contribution in [3.8, 4) is 0 Å². The second kappa shape index (κ2) is 6.48. The predicted molar refractivity (Wildman–Crippen MR) is 88.7 cm³/mol. The van der Waals surface area contributed by atoms with Gasteiger partial charge >= 0.3 is 0 Å². The Morgan fingerprint density at radius 3 is 2.33 bits per heavy atom. The van der Waals surface area contributed by atoms with Crippen molar-refractivity contribution in [3.63, 3.8) is 0 Å². The molecule has 0 aliphatic rings. The summed E-state index contributed by atoms with van der Waals surface area (Å²) >= 11 is 9.12. The fraction of sp³-hybridized carbons (Fsp3) is 0.0769. The third-order valence-electron chi connectivity index (χ3n) is 2.62. The molecule has 0 aliphatic carbocycles. The van der Waals surface area contributed by atoms with Gasteiger partial charge in [0.1, 0.15) is 0 Å². The maximum atomic E-state index is 12.3. The summed E-state index contributed by atoms with van der Waals surface area (Å²) in [6, 6.07) is 10.7. The highest BCUT2D eigenvalue weighted by molar-refractivity contribution is 9.10. The SMILES string of the molecule is CS(=O)c1ccc(Cl)cc1NS(=O)(=O)c1ccc(Br)cc1. The molecule has 0 spiro atoms. The van der Waals surface area contributed by atoms with Gasteiger partial charge < -0.3 is 0 Å². The van der Waals surface area contributed by atoms with Crippen molar-refractivity contribution in [2.24, 2.45) is 0 Å². The van der Waals surface area contributed by atoms with Crippen molar-refractivity contribution >= 4 is 54.0 Å². The first kappa shape index (κ1) is 16.5. The zero-order valence-corrected chi connectivity index (χ0v) is 14.8. The lowest BCUT2D eigenvalue weighted by atomic mass is 10.3. The van der Waals surface area contributed by atoms with Gasteiger partial charge in [-0.25, -0.2) is 8.42 Å². The predicted octanol–water partition coefficient (Wildman–Crippen LogP) is 3.64. The Morgan fingerprint density at radius 1 is 1.14 bits per heavy atom. The third kappa shape index (κ3) is 4.06. The van der Waals surface area contributed by atoms with E-state index in [0.29, 0.717) is 9.92 Å². The van der Waals surface area contributed by atoms with E-state index in [0.717, 1.165) is 4.47 Å². The first-order valence-electron chi connectivity index (χ1n) is 5.71. The summed E-state index contributed by atoms with van der Waals surface area (Å²) in [5.41, 5.74) is 0.214. The van der Waals surface area contributed by atoms with Gasteiger partial charge in [0.2, 0.25) is 0 Å². The van der Waals surface area contributed by atoms with Gasteiger partial charge in [-0.05, 0) is 42.5 Å². The number of rotatable bonds is 4. The Morgan fingerprint density at radius 2 is 1.76 bits per heavy atom. The Bertz CT molecular complexity index is 792. The van der Waals surface area contributed by atoms with E-state index in [1.807, 2.05) is 0 Å². The van der Waals surface area contributed by atoms with Gasteiger partial charge in [-0.1, -0.05) is 27.5 Å². The summed E-state index contributed by atoms with van der Waals surface area (Å²) in [5.74, 6) is 0. The molecular formula is C13H11BrClNO3S2. The fourth-order valence-corrected chi connectivity index (χ4v) is 3.90. The summed E-state index contributed by atoms with van der Waals surface area (Å²) in [7, 11) is -5.10. The topological polar surface area (TPSA) is 63.2 Å². The smallest absolute Gasteiger partial charge is 0.261 e. The maximum absolute atomic E-state index is 12.3. The Balaban J connectivity index is 2.43. The van der Waals surface area contributed by atoms with Crippen LogP contribution >= 0.6 is 27.5 Å². The van der Waals surface area contributed by atoms with Gasteiger partial charge in [-0.15, -0.1) is 0 Å². The largest absolute Gasteiger partial charge is 0.278 e. The number of halogens is 2. The van der Waals surface area contributed by atoms with Crippen molar-refractivity contribution in [3.05, 3.63) is 52.0 Å². The monoisotopic (exact) mass is 407 g/mol. The van der Waals surface area contributed by atoms with E-state index in [2.05, 4.69) is 20.7 Å². The van der Waals surface area contributed by atoms with Crippen molar-refractivity contribution in [2.75, 3.05) is 11.0 Å². The minimum atomic E-state index is -3.77. The van der Waals surface area contributed by atoms with E-state index in [1.54, 1.807) is 18.2 Å². The van der Waals surface area contributed by atoms with Gasteiger partial charge in [0.15, 0.2) is 0 Å². The van der Waals surface area contributed by atoms with Gasteiger partial charge in [-0.3, -0.25) is 8.93 Å². The molecular weight excluding hydrogens is 398 g/mol. The van der Waals surface area contributed by atoms with E-state index in [1.165, 1.54) is 30.5 Å². The minimum Gasteiger partial charge on any atom is -0.278 e. The molecule has 2 aromatic rings. The second-order valence-corrected chi connectivity index (χ2v) is 8.54. The fourth-order valence-electron chi connectivity index (χ4n) is 1.65. The molecule has 0 radical (unpaired) electrons. The Hall–Kier alpha value is -0.890. The second-order valence-electron chi connectivity index (χ2n) is 4.15. The number of benzene rings is 2. The summed E-state index contributed by atoms with van der Waals surface area (Å²) < 4.78 is 39.5. The third-order valence-corrected chi connectivity index (χ3v) is 5.74. The highest BCUT2D eigenvalue weighted by atomic mass is 79.9. The van der Waals surface area contributed by atoms with Crippen LogP contribution in [0.2, 0.25) is 5.02 Å². The van der Waals surface area contributed by atoms with Crippen LogP contribution in [0.15, 0.2) is 56.7 Å². The molecule has 2 rings (SSSR count). The molecule has 0 aliphatic heterocycles. The number of hydrogen-bond donors (Lipinski definition) is 1. The average molecular weight is 409 g/mol. The quantitative estimate of drug-likeness (QED) is 0.840. The molecule has 0 fully saturated rings. The van der Waals surface area contributed by atoms with Gasteiger partial charge in [0.25, 0.3) is 10.0 Å². The van der Waals surface area contributed by atoms with Crippen LogP contribution in [0.3, 0.4) is 0 Å². The molecule has 0 saturated heterocycles. The van der Waals surface area contributed by atoms with E-state index < -0.39 is 20.8 Å². The molecule has 21 heavy (non-hydrogen) atoms. The Labute approximate surface area is 139 Å².